The fraction of sp³-hybridized carbons (Fsp3) is 0.296. The Kier molecular flexibility index (Phi) is 7.52. The van der Waals surface area contributed by atoms with Crippen molar-refractivity contribution in [3.63, 3.8) is 0 Å². The lowest BCUT2D eigenvalue weighted by molar-refractivity contribution is 0.0746. The van der Waals surface area contributed by atoms with Crippen molar-refractivity contribution in [3.8, 4) is 17.2 Å². The van der Waals surface area contributed by atoms with Gasteiger partial charge in [-0.05, 0) is 61.5 Å². The molecule has 0 aliphatic carbocycles. The molecule has 0 bridgehead atoms. The molecule has 1 heterocycles. The number of amides is 1. The molecule has 1 aliphatic heterocycles. The molecule has 34 heavy (non-hydrogen) atoms. The highest BCUT2D eigenvalue weighted by molar-refractivity contribution is 5.94. The van der Waals surface area contributed by atoms with E-state index >= 15 is 0 Å². The number of halogens is 1. The largest absolute Gasteiger partial charge is 0.497 e. The maximum Gasteiger partial charge on any atom is 0.253 e. The van der Waals surface area contributed by atoms with E-state index in [4.69, 9.17) is 14.2 Å². The molecule has 3 aromatic carbocycles. The van der Waals surface area contributed by atoms with Crippen LogP contribution in [0.4, 0.5) is 10.1 Å². The van der Waals surface area contributed by atoms with Crippen LogP contribution in [0, 0.1) is 5.82 Å². The number of hydrogen-bond donors (Lipinski definition) is 0. The van der Waals surface area contributed by atoms with Crippen molar-refractivity contribution in [2.75, 3.05) is 44.8 Å². The summed E-state index contributed by atoms with van der Waals surface area (Å²) in [6.45, 7) is 4.91. The van der Waals surface area contributed by atoms with E-state index in [2.05, 4.69) is 0 Å². The van der Waals surface area contributed by atoms with E-state index in [1.807, 2.05) is 54.3 Å². The summed E-state index contributed by atoms with van der Waals surface area (Å²) in [5.41, 5.74) is 1.96. The molecule has 6 nitrogen and oxygen atoms in total. The Morgan fingerprint density at radius 3 is 2.29 bits per heavy atom. The minimum absolute atomic E-state index is 0.0538. The molecule has 1 fully saturated rings. The van der Waals surface area contributed by atoms with E-state index in [-0.39, 0.29) is 18.3 Å². The molecule has 178 valence electrons. The summed E-state index contributed by atoms with van der Waals surface area (Å²) in [7, 11) is 1.62. The molecular formula is C27H29FN2O4. The molecule has 1 aliphatic rings. The van der Waals surface area contributed by atoms with Gasteiger partial charge in [0, 0.05) is 37.3 Å². The van der Waals surface area contributed by atoms with Crippen molar-refractivity contribution in [3.05, 3.63) is 83.7 Å². The van der Waals surface area contributed by atoms with Crippen LogP contribution in [0.15, 0.2) is 66.7 Å². The van der Waals surface area contributed by atoms with Gasteiger partial charge in [0.2, 0.25) is 0 Å². The van der Waals surface area contributed by atoms with Crippen LogP contribution in [0.25, 0.3) is 0 Å². The number of methoxy groups -OCH3 is 1. The Morgan fingerprint density at radius 1 is 0.912 bits per heavy atom. The monoisotopic (exact) mass is 464 g/mol. The van der Waals surface area contributed by atoms with Crippen LogP contribution in [0.1, 0.15) is 22.8 Å². The van der Waals surface area contributed by atoms with Crippen molar-refractivity contribution >= 4 is 11.6 Å². The molecule has 0 radical (unpaired) electrons. The van der Waals surface area contributed by atoms with Gasteiger partial charge in [-0.2, -0.15) is 0 Å². The Labute approximate surface area is 199 Å². The number of rotatable bonds is 8. The van der Waals surface area contributed by atoms with Gasteiger partial charge in [-0.1, -0.05) is 12.1 Å². The smallest absolute Gasteiger partial charge is 0.253 e. The molecule has 3 aromatic rings. The van der Waals surface area contributed by atoms with Gasteiger partial charge in [0.25, 0.3) is 5.91 Å². The standard InChI is InChI=1S/C27H29FN2O4/c1-3-33-26-13-8-20(18-21(26)19-34-23-11-9-22(32-2)10-12-23)27(31)30-16-14-29(15-17-30)25-7-5-4-6-24(25)28/h4-13,18H,3,14-17,19H2,1-2H3. The molecule has 0 unspecified atom stereocenters. The van der Waals surface area contributed by atoms with Crippen LogP contribution in [-0.4, -0.2) is 50.7 Å². The topological polar surface area (TPSA) is 51.2 Å². The van der Waals surface area contributed by atoms with Crippen LogP contribution in [0.3, 0.4) is 0 Å². The Bertz CT molecular complexity index is 1110. The second kappa shape index (κ2) is 10.9. The highest BCUT2D eigenvalue weighted by Gasteiger charge is 2.24. The second-order valence-electron chi connectivity index (χ2n) is 7.95. The molecule has 1 saturated heterocycles. The van der Waals surface area contributed by atoms with Crippen LogP contribution >= 0.6 is 0 Å². The Morgan fingerprint density at radius 2 is 1.62 bits per heavy atom. The van der Waals surface area contributed by atoms with Crippen molar-refractivity contribution < 1.29 is 23.4 Å². The molecule has 0 N–H and O–H groups in total. The van der Waals surface area contributed by atoms with Crippen LogP contribution < -0.4 is 19.1 Å². The van der Waals surface area contributed by atoms with Gasteiger partial charge in [-0.3, -0.25) is 4.79 Å². The number of piperazine rings is 1. The quantitative estimate of drug-likeness (QED) is 0.481. The molecule has 0 spiro atoms. The zero-order chi connectivity index (χ0) is 23.9. The highest BCUT2D eigenvalue weighted by Crippen LogP contribution is 2.26. The normalized spacial score (nSPS) is 13.5. The summed E-state index contributed by atoms with van der Waals surface area (Å²) in [6.07, 6.45) is 0. The van der Waals surface area contributed by atoms with E-state index < -0.39 is 0 Å². The molecule has 4 rings (SSSR count). The fourth-order valence-corrected chi connectivity index (χ4v) is 4.00. The van der Waals surface area contributed by atoms with Gasteiger partial charge >= 0.3 is 0 Å². The number of anilines is 1. The number of carbonyl (C=O) groups excluding carboxylic acids is 1. The fourth-order valence-electron chi connectivity index (χ4n) is 4.00. The van der Waals surface area contributed by atoms with E-state index in [1.54, 1.807) is 30.2 Å². The first-order chi connectivity index (χ1) is 16.6. The first-order valence-electron chi connectivity index (χ1n) is 11.4. The average Bonchev–Trinajstić information content (AvgIpc) is 2.88. The minimum atomic E-state index is -0.240. The van der Waals surface area contributed by atoms with Crippen molar-refractivity contribution in [2.45, 2.75) is 13.5 Å². The SMILES string of the molecule is CCOc1ccc(C(=O)N2CCN(c3ccccc3F)CC2)cc1COc1ccc(OC)cc1. The lowest BCUT2D eigenvalue weighted by Crippen LogP contribution is -2.49. The number of nitrogens with zero attached hydrogens (tertiary/aromatic N) is 2. The molecule has 1 amide bonds. The van der Waals surface area contributed by atoms with Gasteiger partial charge in [0.05, 0.1) is 19.4 Å². The summed E-state index contributed by atoms with van der Waals surface area (Å²) >= 11 is 0. The molecule has 0 atom stereocenters. The molecular weight excluding hydrogens is 435 g/mol. The van der Waals surface area contributed by atoms with Crippen LogP contribution in [0.5, 0.6) is 17.2 Å². The minimum Gasteiger partial charge on any atom is -0.497 e. The summed E-state index contributed by atoms with van der Waals surface area (Å²) in [5.74, 6) is 1.85. The number of para-hydroxylation sites is 1. The summed E-state index contributed by atoms with van der Waals surface area (Å²) in [5, 5.41) is 0. The maximum atomic E-state index is 14.1. The van der Waals surface area contributed by atoms with Crippen molar-refractivity contribution in [1.82, 2.24) is 4.90 Å². The van der Waals surface area contributed by atoms with Gasteiger partial charge in [0.15, 0.2) is 0 Å². The Balaban J connectivity index is 1.43. The summed E-state index contributed by atoms with van der Waals surface area (Å²) in [4.78, 5) is 17.0. The van der Waals surface area contributed by atoms with Gasteiger partial charge in [-0.25, -0.2) is 4.39 Å². The summed E-state index contributed by atoms with van der Waals surface area (Å²) < 4.78 is 31.0. The van der Waals surface area contributed by atoms with Crippen molar-refractivity contribution in [1.29, 1.82) is 0 Å². The van der Waals surface area contributed by atoms with E-state index in [9.17, 15) is 9.18 Å². The third kappa shape index (κ3) is 5.42. The third-order valence-corrected chi connectivity index (χ3v) is 5.82. The second-order valence-corrected chi connectivity index (χ2v) is 7.95. The predicted octanol–water partition coefficient (Wildman–Crippen LogP) is 4.77. The van der Waals surface area contributed by atoms with E-state index in [0.29, 0.717) is 55.5 Å². The third-order valence-electron chi connectivity index (χ3n) is 5.82. The van der Waals surface area contributed by atoms with Gasteiger partial charge in [-0.15, -0.1) is 0 Å². The van der Waals surface area contributed by atoms with Crippen molar-refractivity contribution in [2.24, 2.45) is 0 Å². The zero-order valence-electron chi connectivity index (χ0n) is 19.5. The maximum absolute atomic E-state index is 14.1. The number of ether oxygens (including phenoxy) is 3. The van der Waals surface area contributed by atoms with Crippen LogP contribution in [0.2, 0.25) is 0 Å². The predicted molar refractivity (Wildman–Crippen MR) is 129 cm³/mol. The Hall–Kier alpha value is -3.74. The molecule has 0 saturated carbocycles. The number of carbonyl (C=O) groups is 1. The molecule has 7 heteroatoms. The van der Waals surface area contributed by atoms with Gasteiger partial charge < -0.3 is 24.0 Å². The number of benzene rings is 3. The lowest BCUT2D eigenvalue weighted by Gasteiger charge is -2.36. The first-order valence-corrected chi connectivity index (χ1v) is 11.4. The molecule has 0 aromatic heterocycles. The zero-order valence-corrected chi connectivity index (χ0v) is 19.5. The highest BCUT2D eigenvalue weighted by atomic mass is 19.1. The van der Waals surface area contributed by atoms with E-state index in [0.717, 1.165) is 11.3 Å². The van der Waals surface area contributed by atoms with Gasteiger partial charge in [0.1, 0.15) is 29.7 Å². The first kappa shape index (κ1) is 23.4. The number of hydrogen-bond acceptors (Lipinski definition) is 5. The van der Waals surface area contributed by atoms with Crippen LogP contribution in [-0.2, 0) is 6.61 Å². The lowest BCUT2D eigenvalue weighted by atomic mass is 10.1. The summed E-state index contributed by atoms with van der Waals surface area (Å²) in [6, 6.07) is 19.5. The van der Waals surface area contributed by atoms with E-state index in [1.165, 1.54) is 6.07 Å². The average molecular weight is 465 g/mol.